The van der Waals surface area contributed by atoms with Crippen molar-refractivity contribution in [1.29, 1.82) is 0 Å². The van der Waals surface area contributed by atoms with E-state index in [4.69, 9.17) is 0 Å². The molecule has 3 rings (SSSR count). The molecule has 0 spiro atoms. The summed E-state index contributed by atoms with van der Waals surface area (Å²) in [4.78, 5) is 4.62. The molecule has 0 aliphatic carbocycles. The van der Waals surface area contributed by atoms with Crippen LogP contribution in [0.2, 0.25) is 0 Å². The van der Waals surface area contributed by atoms with Crippen molar-refractivity contribution in [2.45, 2.75) is 61.1 Å². The van der Waals surface area contributed by atoms with Crippen LogP contribution in [0.15, 0.2) is 6.07 Å². The van der Waals surface area contributed by atoms with Crippen LogP contribution in [-0.4, -0.2) is 24.4 Å². The van der Waals surface area contributed by atoms with Gasteiger partial charge in [0.1, 0.15) is 5.82 Å². The first-order valence-electron chi connectivity index (χ1n) is 8.52. The van der Waals surface area contributed by atoms with Gasteiger partial charge >= 0.3 is 0 Å². The number of aryl methyl sites for hydroxylation is 5. The van der Waals surface area contributed by atoms with Gasteiger partial charge in [-0.3, -0.25) is 4.68 Å². The highest BCUT2D eigenvalue weighted by atomic mass is 15.3. The van der Waals surface area contributed by atoms with E-state index in [2.05, 4.69) is 52.9 Å². The summed E-state index contributed by atoms with van der Waals surface area (Å²) in [5, 5.41) is 12.8. The molecule has 0 atom stereocenters. The number of fused-ring (bicyclic) bond motifs is 1. The lowest BCUT2D eigenvalue weighted by molar-refractivity contribution is 0.582. The smallest absolute Gasteiger partial charge is 0.160 e. The Kier molecular flexibility index (Phi) is 4.30. The van der Waals surface area contributed by atoms with E-state index in [-0.39, 0.29) is 0 Å². The molecule has 3 aromatic rings. The van der Waals surface area contributed by atoms with E-state index in [1.54, 1.807) is 0 Å². The number of hydrogen-bond donors (Lipinski definition) is 1. The maximum atomic E-state index is 4.65. The van der Waals surface area contributed by atoms with E-state index < -0.39 is 0 Å². The van der Waals surface area contributed by atoms with Crippen molar-refractivity contribution in [3.8, 4) is 0 Å². The zero-order valence-electron chi connectivity index (χ0n) is 15.4. The number of anilines is 1. The Labute approximate surface area is 142 Å². The van der Waals surface area contributed by atoms with Gasteiger partial charge in [0.2, 0.25) is 0 Å². The molecule has 128 valence electrons. The summed E-state index contributed by atoms with van der Waals surface area (Å²) in [6.07, 6.45) is 1.09. The van der Waals surface area contributed by atoms with Crippen molar-refractivity contribution in [2.75, 3.05) is 5.32 Å². The number of hydrogen-bond acceptors (Lipinski definition) is 4. The minimum absolute atomic E-state index is 0.734. The first kappa shape index (κ1) is 16.5. The molecule has 0 aliphatic rings. The Hall–Kier alpha value is -2.37. The monoisotopic (exact) mass is 326 g/mol. The van der Waals surface area contributed by atoms with Gasteiger partial charge in [-0.25, -0.2) is 4.98 Å². The Balaban J connectivity index is 1.93. The molecular formula is C18H26N6. The highest BCUT2D eigenvalue weighted by molar-refractivity contribution is 5.56. The molecular weight excluding hydrogens is 300 g/mol. The van der Waals surface area contributed by atoms with E-state index in [9.17, 15) is 0 Å². The molecule has 3 aromatic heterocycles. The number of rotatable bonds is 5. The summed E-state index contributed by atoms with van der Waals surface area (Å²) in [5.74, 6) is 0.968. The third-order valence-corrected chi connectivity index (χ3v) is 4.60. The van der Waals surface area contributed by atoms with Gasteiger partial charge in [-0.1, -0.05) is 6.92 Å². The molecule has 0 bridgehead atoms. The van der Waals surface area contributed by atoms with Crippen LogP contribution in [0.3, 0.4) is 0 Å². The Morgan fingerprint density at radius 1 is 1.04 bits per heavy atom. The van der Waals surface area contributed by atoms with Crippen molar-refractivity contribution in [1.82, 2.24) is 24.4 Å². The second kappa shape index (κ2) is 6.26. The van der Waals surface area contributed by atoms with E-state index >= 15 is 0 Å². The number of nitrogens with zero attached hydrogens (tertiary/aromatic N) is 5. The summed E-state index contributed by atoms with van der Waals surface area (Å²) in [6.45, 7) is 14.2. The molecule has 3 heterocycles. The van der Waals surface area contributed by atoms with Gasteiger partial charge in [0.05, 0.1) is 11.4 Å². The van der Waals surface area contributed by atoms with Crippen LogP contribution in [0.5, 0.6) is 0 Å². The molecule has 0 saturated heterocycles. The summed E-state index contributed by atoms with van der Waals surface area (Å²) in [7, 11) is 0. The van der Waals surface area contributed by atoms with Crippen LogP contribution in [0.25, 0.3) is 5.65 Å². The molecule has 24 heavy (non-hydrogen) atoms. The standard InChI is InChI=1S/C18H26N6/c1-7-8-23-15(6)16(14(5)21-23)10-19-17-9-11(2)20-18-12(3)13(4)22-24(17)18/h9,19H,7-8,10H2,1-6H3. The third kappa shape index (κ3) is 2.77. The average molecular weight is 326 g/mol. The van der Waals surface area contributed by atoms with E-state index in [0.29, 0.717) is 0 Å². The van der Waals surface area contributed by atoms with Crippen LogP contribution < -0.4 is 5.32 Å². The van der Waals surface area contributed by atoms with Gasteiger partial charge in [-0.05, 0) is 41.0 Å². The maximum absolute atomic E-state index is 4.65. The van der Waals surface area contributed by atoms with Crippen LogP contribution >= 0.6 is 0 Å². The fourth-order valence-electron chi connectivity index (χ4n) is 3.07. The fraction of sp³-hybridized carbons (Fsp3) is 0.500. The normalized spacial score (nSPS) is 11.4. The van der Waals surface area contributed by atoms with Crippen LogP contribution in [-0.2, 0) is 13.1 Å². The van der Waals surface area contributed by atoms with Crippen LogP contribution in [0.4, 0.5) is 5.82 Å². The average Bonchev–Trinajstić information content (AvgIpc) is 2.96. The number of nitrogens with one attached hydrogen (secondary N) is 1. The van der Waals surface area contributed by atoms with Crippen molar-refractivity contribution in [2.24, 2.45) is 0 Å². The zero-order chi connectivity index (χ0) is 17.4. The Morgan fingerprint density at radius 2 is 1.79 bits per heavy atom. The number of aromatic nitrogens is 5. The molecule has 0 radical (unpaired) electrons. The highest BCUT2D eigenvalue weighted by Gasteiger charge is 2.14. The molecule has 0 amide bonds. The molecule has 6 nitrogen and oxygen atoms in total. The van der Waals surface area contributed by atoms with Crippen LogP contribution in [0.1, 0.15) is 47.2 Å². The largest absolute Gasteiger partial charge is 0.366 e. The van der Waals surface area contributed by atoms with E-state index in [1.807, 2.05) is 24.4 Å². The van der Waals surface area contributed by atoms with Gasteiger partial charge in [-0.2, -0.15) is 14.7 Å². The molecule has 0 aromatic carbocycles. The van der Waals surface area contributed by atoms with Crippen molar-refractivity contribution >= 4 is 11.5 Å². The second-order valence-electron chi connectivity index (χ2n) is 6.45. The van der Waals surface area contributed by atoms with Gasteiger partial charge < -0.3 is 5.32 Å². The molecule has 0 saturated carbocycles. The summed E-state index contributed by atoms with van der Waals surface area (Å²) in [6, 6.07) is 2.04. The fourth-order valence-corrected chi connectivity index (χ4v) is 3.07. The predicted octanol–water partition coefficient (Wildman–Crippen LogP) is 3.49. The lowest BCUT2D eigenvalue weighted by Crippen LogP contribution is -2.08. The molecule has 1 N–H and O–H groups in total. The SMILES string of the molecule is CCCn1nc(C)c(CNc2cc(C)nc3c(C)c(C)nn23)c1C. The topological polar surface area (TPSA) is 60.0 Å². The van der Waals surface area contributed by atoms with Gasteiger partial charge in [0.15, 0.2) is 5.65 Å². The Morgan fingerprint density at radius 3 is 2.50 bits per heavy atom. The zero-order valence-corrected chi connectivity index (χ0v) is 15.4. The molecule has 0 fully saturated rings. The molecule has 0 aliphatic heterocycles. The maximum Gasteiger partial charge on any atom is 0.160 e. The van der Waals surface area contributed by atoms with Gasteiger partial charge in [0.25, 0.3) is 0 Å². The summed E-state index contributed by atoms with van der Waals surface area (Å²) >= 11 is 0. The van der Waals surface area contributed by atoms with Crippen molar-refractivity contribution in [3.05, 3.63) is 40.0 Å². The Bertz CT molecular complexity index is 887. The first-order valence-corrected chi connectivity index (χ1v) is 8.52. The molecule has 0 unspecified atom stereocenters. The quantitative estimate of drug-likeness (QED) is 0.779. The minimum atomic E-state index is 0.734. The minimum Gasteiger partial charge on any atom is -0.366 e. The van der Waals surface area contributed by atoms with Crippen molar-refractivity contribution in [3.63, 3.8) is 0 Å². The van der Waals surface area contributed by atoms with Gasteiger partial charge in [-0.15, -0.1) is 0 Å². The highest BCUT2D eigenvalue weighted by Crippen LogP contribution is 2.20. The summed E-state index contributed by atoms with van der Waals surface area (Å²) in [5.41, 5.74) is 7.63. The second-order valence-corrected chi connectivity index (χ2v) is 6.45. The van der Waals surface area contributed by atoms with Gasteiger partial charge in [0, 0.05) is 41.7 Å². The lowest BCUT2D eigenvalue weighted by atomic mass is 10.2. The predicted molar refractivity (Wildman–Crippen MR) is 96.5 cm³/mol. The van der Waals surface area contributed by atoms with E-state index in [1.165, 1.54) is 11.3 Å². The van der Waals surface area contributed by atoms with Crippen LogP contribution in [0, 0.1) is 34.6 Å². The van der Waals surface area contributed by atoms with E-state index in [0.717, 1.165) is 53.6 Å². The first-order chi connectivity index (χ1) is 11.4. The summed E-state index contributed by atoms with van der Waals surface area (Å²) < 4.78 is 4.00. The third-order valence-electron chi connectivity index (χ3n) is 4.60. The lowest BCUT2D eigenvalue weighted by Gasteiger charge is -2.10. The van der Waals surface area contributed by atoms with Crippen molar-refractivity contribution < 1.29 is 0 Å². The molecule has 6 heteroatoms.